The summed E-state index contributed by atoms with van der Waals surface area (Å²) in [6.45, 7) is 3.36. The van der Waals surface area contributed by atoms with Crippen molar-refractivity contribution < 1.29 is 9.84 Å². The fraction of sp³-hybridized carbons (Fsp3) is 0.294. The summed E-state index contributed by atoms with van der Waals surface area (Å²) in [6.07, 6.45) is 0. The Hall–Kier alpha value is -1.84. The number of nitrogens with one attached hydrogen (secondary N) is 1. The first-order chi connectivity index (χ1) is 9.85. The average molecular weight is 271 g/mol. The van der Waals surface area contributed by atoms with Gasteiger partial charge in [-0.3, -0.25) is 0 Å². The molecule has 2 N–H and O–H groups in total. The third-order valence-corrected chi connectivity index (χ3v) is 3.20. The third kappa shape index (κ3) is 3.83. The van der Waals surface area contributed by atoms with Gasteiger partial charge < -0.3 is 15.2 Å². The molecule has 0 aromatic heterocycles. The fourth-order valence-electron chi connectivity index (χ4n) is 2.15. The minimum absolute atomic E-state index is 0.0640. The minimum atomic E-state index is -0.0640. The summed E-state index contributed by atoms with van der Waals surface area (Å²) >= 11 is 0. The van der Waals surface area contributed by atoms with Crippen LogP contribution in [0.15, 0.2) is 54.6 Å². The van der Waals surface area contributed by atoms with E-state index in [1.54, 1.807) is 0 Å². The lowest BCUT2D eigenvalue weighted by atomic mass is 10.1. The Morgan fingerprint density at radius 2 is 1.75 bits per heavy atom. The Morgan fingerprint density at radius 1 is 1.05 bits per heavy atom. The molecule has 0 spiro atoms. The summed E-state index contributed by atoms with van der Waals surface area (Å²) in [5, 5.41) is 12.9. The van der Waals surface area contributed by atoms with Gasteiger partial charge in [0.05, 0.1) is 19.3 Å². The molecular weight excluding hydrogens is 250 g/mol. The molecule has 1 atom stereocenters. The number of aliphatic hydroxyl groups is 1. The van der Waals surface area contributed by atoms with E-state index >= 15 is 0 Å². The van der Waals surface area contributed by atoms with Crippen molar-refractivity contribution in [3.8, 4) is 5.75 Å². The number of ether oxygens (including phenoxy) is 1. The number of para-hydroxylation sites is 1. The van der Waals surface area contributed by atoms with Crippen molar-refractivity contribution in [3.05, 3.63) is 65.7 Å². The minimum Gasteiger partial charge on any atom is -0.494 e. The molecule has 106 valence electrons. The van der Waals surface area contributed by atoms with Crippen LogP contribution < -0.4 is 10.1 Å². The van der Waals surface area contributed by atoms with Crippen molar-refractivity contribution in [3.63, 3.8) is 0 Å². The summed E-state index contributed by atoms with van der Waals surface area (Å²) in [5.41, 5.74) is 2.19. The predicted molar refractivity (Wildman–Crippen MR) is 80.7 cm³/mol. The van der Waals surface area contributed by atoms with Crippen LogP contribution in [-0.2, 0) is 6.54 Å². The molecule has 2 rings (SSSR count). The topological polar surface area (TPSA) is 41.5 Å². The zero-order chi connectivity index (χ0) is 14.2. The van der Waals surface area contributed by atoms with Crippen LogP contribution in [0.5, 0.6) is 5.75 Å². The van der Waals surface area contributed by atoms with Crippen molar-refractivity contribution in [2.24, 2.45) is 0 Å². The maximum absolute atomic E-state index is 9.54. The molecular formula is C17H21NO2. The van der Waals surface area contributed by atoms with Gasteiger partial charge in [0, 0.05) is 12.1 Å². The van der Waals surface area contributed by atoms with E-state index in [1.807, 2.05) is 61.5 Å². The Kier molecular flexibility index (Phi) is 5.59. The van der Waals surface area contributed by atoms with Crippen LogP contribution >= 0.6 is 0 Å². The molecule has 0 bridgehead atoms. The molecule has 0 aliphatic carbocycles. The number of rotatable bonds is 7. The van der Waals surface area contributed by atoms with Crippen LogP contribution in [0.2, 0.25) is 0 Å². The van der Waals surface area contributed by atoms with Gasteiger partial charge in [-0.15, -0.1) is 0 Å². The zero-order valence-corrected chi connectivity index (χ0v) is 11.8. The second kappa shape index (κ2) is 7.68. The Balaban J connectivity index is 2.04. The summed E-state index contributed by atoms with van der Waals surface area (Å²) in [5.74, 6) is 0.896. The van der Waals surface area contributed by atoms with E-state index in [4.69, 9.17) is 4.74 Å². The highest BCUT2D eigenvalue weighted by atomic mass is 16.5. The zero-order valence-electron chi connectivity index (χ0n) is 11.8. The first-order valence-electron chi connectivity index (χ1n) is 6.95. The smallest absolute Gasteiger partial charge is 0.123 e. The maximum Gasteiger partial charge on any atom is 0.123 e. The Labute approximate surface area is 120 Å². The first-order valence-corrected chi connectivity index (χ1v) is 6.95. The SMILES string of the molecule is CCOc1ccccc1CN[C@@H](CO)c1ccccc1. The molecule has 0 fully saturated rings. The Bertz CT molecular complexity index is 513. The highest BCUT2D eigenvalue weighted by Crippen LogP contribution is 2.19. The monoisotopic (exact) mass is 271 g/mol. The van der Waals surface area contributed by atoms with E-state index in [2.05, 4.69) is 5.32 Å². The van der Waals surface area contributed by atoms with Crippen molar-refractivity contribution in [1.82, 2.24) is 5.32 Å². The first kappa shape index (κ1) is 14.6. The van der Waals surface area contributed by atoms with Gasteiger partial charge in [-0.2, -0.15) is 0 Å². The van der Waals surface area contributed by atoms with Gasteiger partial charge in [-0.1, -0.05) is 48.5 Å². The third-order valence-electron chi connectivity index (χ3n) is 3.20. The maximum atomic E-state index is 9.54. The highest BCUT2D eigenvalue weighted by Gasteiger charge is 2.10. The van der Waals surface area contributed by atoms with Crippen LogP contribution in [0.25, 0.3) is 0 Å². The van der Waals surface area contributed by atoms with Crippen molar-refractivity contribution in [1.29, 1.82) is 0 Å². The molecule has 0 aliphatic heterocycles. The molecule has 0 heterocycles. The molecule has 0 aliphatic rings. The van der Waals surface area contributed by atoms with E-state index in [0.717, 1.165) is 16.9 Å². The summed E-state index contributed by atoms with van der Waals surface area (Å²) < 4.78 is 5.61. The molecule has 0 unspecified atom stereocenters. The van der Waals surface area contributed by atoms with Gasteiger partial charge in [0.15, 0.2) is 0 Å². The molecule has 3 nitrogen and oxygen atoms in total. The summed E-state index contributed by atoms with van der Waals surface area (Å²) in [7, 11) is 0. The van der Waals surface area contributed by atoms with Crippen LogP contribution in [0, 0.1) is 0 Å². The molecule has 20 heavy (non-hydrogen) atoms. The quantitative estimate of drug-likeness (QED) is 0.813. The summed E-state index contributed by atoms with van der Waals surface area (Å²) in [4.78, 5) is 0. The molecule has 0 radical (unpaired) electrons. The van der Waals surface area contributed by atoms with E-state index < -0.39 is 0 Å². The predicted octanol–water partition coefficient (Wildman–Crippen LogP) is 2.91. The van der Waals surface area contributed by atoms with Gasteiger partial charge in [-0.05, 0) is 18.6 Å². The van der Waals surface area contributed by atoms with Gasteiger partial charge in [0.1, 0.15) is 5.75 Å². The fourth-order valence-corrected chi connectivity index (χ4v) is 2.15. The van der Waals surface area contributed by atoms with Crippen molar-refractivity contribution in [2.75, 3.05) is 13.2 Å². The van der Waals surface area contributed by atoms with E-state index in [-0.39, 0.29) is 12.6 Å². The van der Waals surface area contributed by atoms with E-state index in [1.165, 1.54) is 0 Å². The second-order valence-corrected chi connectivity index (χ2v) is 4.57. The van der Waals surface area contributed by atoms with Crippen LogP contribution in [0.4, 0.5) is 0 Å². The van der Waals surface area contributed by atoms with E-state index in [9.17, 15) is 5.11 Å². The summed E-state index contributed by atoms with van der Waals surface area (Å²) in [6, 6.07) is 17.9. The lowest BCUT2D eigenvalue weighted by Gasteiger charge is -2.18. The molecule has 3 heteroatoms. The largest absolute Gasteiger partial charge is 0.494 e. The van der Waals surface area contributed by atoms with Gasteiger partial charge in [0.2, 0.25) is 0 Å². The molecule has 2 aromatic rings. The normalized spacial score (nSPS) is 12.1. The van der Waals surface area contributed by atoms with Gasteiger partial charge in [0.25, 0.3) is 0 Å². The molecule has 0 saturated heterocycles. The van der Waals surface area contributed by atoms with Crippen molar-refractivity contribution in [2.45, 2.75) is 19.5 Å². The lowest BCUT2D eigenvalue weighted by Crippen LogP contribution is -2.24. The number of aliphatic hydroxyl groups excluding tert-OH is 1. The highest BCUT2D eigenvalue weighted by molar-refractivity contribution is 5.33. The van der Waals surface area contributed by atoms with Crippen molar-refractivity contribution >= 4 is 0 Å². The van der Waals surface area contributed by atoms with Crippen LogP contribution in [0.3, 0.4) is 0 Å². The molecule has 0 saturated carbocycles. The standard InChI is InChI=1S/C17H21NO2/c1-2-20-17-11-7-6-10-15(17)12-18-16(13-19)14-8-4-3-5-9-14/h3-11,16,18-19H,2,12-13H2,1H3/t16-/m0/s1. The molecule has 2 aromatic carbocycles. The van der Waals surface area contributed by atoms with Crippen LogP contribution in [0.1, 0.15) is 24.1 Å². The van der Waals surface area contributed by atoms with E-state index in [0.29, 0.717) is 13.2 Å². The Morgan fingerprint density at radius 3 is 2.45 bits per heavy atom. The number of benzene rings is 2. The second-order valence-electron chi connectivity index (χ2n) is 4.57. The average Bonchev–Trinajstić information content (AvgIpc) is 2.51. The molecule has 0 amide bonds. The van der Waals surface area contributed by atoms with Crippen LogP contribution in [-0.4, -0.2) is 18.3 Å². The van der Waals surface area contributed by atoms with Gasteiger partial charge in [-0.25, -0.2) is 0 Å². The number of hydrogen-bond acceptors (Lipinski definition) is 3. The number of hydrogen-bond donors (Lipinski definition) is 2. The van der Waals surface area contributed by atoms with Gasteiger partial charge >= 0.3 is 0 Å². The lowest BCUT2D eigenvalue weighted by molar-refractivity contribution is 0.243.